The molecule has 0 fully saturated rings. The lowest BCUT2D eigenvalue weighted by Crippen LogP contribution is -2.25. The summed E-state index contributed by atoms with van der Waals surface area (Å²) in [7, 11) is 0. The lowest BCUT2D eigenvalue weighted by molar-refractivity contribution is 0.735. The Morgan fingerprint density at radius 2 is 1.39 bits per heavy atom. The molecule has 12 rings (SSSR count). The maximum absolute atomic E-state index is 5.53. The first-order chi connectivity index (χ1) is 27.5. The summed E-state index contributed by atoms with van der Waals surface area (Å²) in [6, 6.07) is 48.9. The summed E-state index contributed by atoms with van der Waals surface area (Å²) in [5.74, 6) is 0.837. The highest BCUT2D eigenvalue weighted by atomic mass is 15.1. The van der Waals surface area contributed by atoms with Gasteiger partial charge in [-0.1, -0.05) is 141 Å². The van der Waals surface area contributed by atoms with Crippen LogP contribution >= 0.6 is 0 Å². The van der Waals surface area contributed by atoms with Gasteiger partial charge in [0.1, 0.15) is 5.82 Å². The Morgan fingerprint density at radius 1 is 0.661 bits per heavy atom. The normalized spacial score (nSPS) is 16.7. The van der Waals surface area contributed by atoms with Gasteiger partial charge in [0.05, 0.1) is 40.0 Å². The second kappa shape index (κ2) is 11.4. The first-order valence-corrected chi connectivity index (χ1v) is 19.7. The first-order valence-electron chi connectivity index (χ1n) is 19.7. The van der Waals surface area contributed by atoms with Crippen molar-refractivity contribution in [3.05, 3.63) is 167 Å². The molecule has 0 saturated heterocycles. The van der Waals surface area contributed by atoms with Crippen molar-refractivity contribution in [2.45, 2.75) is 38.6 Å². The quantitative estimate of drug-likeness (QED) is 0.162. The molecule has 10 aromatic rings. The number of para-hydroxylation sites is 2. The molecular weight excluding hydrogens is 681 g/mol. The van der Waals surface area contributed by atoms with Crippen molar-refractivity contribution in [3.63, 3.8) is 0 Å². The Labute approximate surface area is 324 Å². The number of nitrogens with zero attached hydrogens (tertiary/aromatic N) is 4. The standard InChI is InChI=1S/C52H38N4/c1-52(2)47-33-17-8-7-16-32(33)24-25-40(47)46(50(52)54-30-31-14-5-4-6-15-31)51(53-3)56-43-23-12-10-19-35(43)38-27-26-36-39(48(38)56)28-29-44-45(36)41-21-13-20-37-34-18-9-11-22-42(34)55(44)49(37)41/h4-9,11-18,20-29H,3,10,19,30H2,1-2H3/b51-46+,54-50?. The molecule has 56 heavy (non-hydrogen) atoms. The fraction of sp³-hybridized carbons (Fsp3) is 0.115. The number of aryl methyl sites for hydroxylation is 1. The lowest BCUT2D eigenvalue weighted by Gasteiger charge is -2.23. The minimum atomic E-state index is -0.382. The first kappa shape index (κ1) is 31.6. The summed E-state index contributed by atoms with van der Waals surface area (Å²) in [6.45, 7) is 9.60. The predicted molar refractivity (Wildman–Crippen MR) is 239 cm³/mol. The number of allylic oxidation sites excluding steroid dienone is 2. The van der Waals surface area contributed by atoms with Gasteiger partial charge in [-0.15, -0.1) is 0 Å². The van der Waals surface area contributed by atoms with Crippen LogP contribution in [0.2, 0.25) is 0 Å². The van der Waals surface area contributed by atoms with Crippen LogP contribution in [-0.2, 0) is 18.4 Å². The third-order valence-corrected chi connectivity index (χ3v) is 12.8. The number of hydrogen-bond acceptors (Lipinski definition) is 2. The highest BCUT2D eigenvalue weighted by Crippen LogP contribution is 2.51. The van der Waals surface area contributed by atoms with Crippen molar-refractivity contribution < 1.29 is 0 Å². The van der Waals surface area contributed by atoms with Crippen molar-refractivity contribution in [1.29, 1.82) is 0 Å². The fourth-order valence-corrected chi connectivity index (χ4v) is 10.5. The molecule has 7 aromatic carbocycles. The fourth-order valence-electron chi connectivity index (χ4n) is 10.5. The van der Waals surface area contributed by atoms with Crippen LogP contribution in [0.15, 0.2) is 150 Å². The number of hydrogen-bond donors (Lipinski definition) is 0. The minimum absolute atomic E-state index is 0.382. The molecule has 4 heteroatoms. The molecule has 0 N–H and O–H groups in total. The summed E-state index contributed by atoms with van der Waals surface area (Å²) in [5.41, 5.74) is 12.9. The van der Waals surface area contributed by atoms with Gasteiger partial charge in [-0.25, -0.2) is 4.99 Å². The van der Waals surface area contributed by atoms with E-state index in [4.69, 9.17) is 9.98 Å². The van der Waals surface area contributed by atoms with Gasteiger partial charge in [-0.05, 0) is 76.2 Å². The Bertz CT molecular complexity index is 3420. The SMILES string of the molecule is C=N/C(=C1\C(=NCc2ccccc2)C(C)(C)c2c1ccc1ccccc21)n1c2c(c3ccc4c(ccc5c4c4cccc6c7ccccc7n5c64)c31)CCC=C2. The molecule has 3 heterocycles. The van der Waals surface area contributed by atoms with E-state index in [-0.39, 0.29) is 5.41 Å². The van der Waals surface area contributed by atoms with E-state index < -0.39 is 0 Å². The highest BCUT2D eigenvalue weighted by molar-refractivity contribution is 6.38. The van der Waals surface area contributed by atoms with Gasteiger partial charge in [-0.3, -0.25) is 9.56 Å². The number of fused-ring (bicyclic) bond motifs is 15. The molecule has 0 unspecified atom stereocenters. The molecular formula is C52H38N4. The maximum atomic E-state index is 5.53. The third kappa shape index (κ3) is 4.03. The summed E-state index contributed by atoms with van der Waals surface area (Å²) >= 11 is 0. The van der Waals surface area contributed by atoms with Crippen molar-refractivity contribution in [2.24, 2.45) is 9.98 Å². The van der Waals surface area contributed by atoms with Crippen LogP contribution in [0.3, 0.4) is 0 Å². The number of aromatic nitrogens is 2. The monoisotopic (exact) mass is 718 g/mol. The predicted octanol–water partition coefficient (Wildman–Crippen LogP) is 13.0. The molecule has 0 atom stereocenters. The second-order valence-electron chi connectivity index (χ2n) is 16.1. The van der Waals surface area contributed by atoms with Gasteiger partial charge in [0, 0.05) is 43.3 Å². The summed E-state index contributed by atoms with van der Waals surface area (Å²) < 4.78 is 4.91. The van der Waals surface area contributed by atoms with E-state index in [1.54, 1.807) is 0 Å². The smallest absolute Gasteiger partial charge is 0.146 e. The molecule has 0 aliphatic heterocycles. The van der Waals surface area contributed by atoms with Gasteiger partial charge < -0.3 is 4.40 Å². The molecule has 2 aliphatic rings. The molecule has 0 bridgehead atoms. The van der Waals surface area contributed by atoms with Crippen molar-refractivity contribution in [2.75, 3.05) is 0 Å². The zero-order chi connectivity index (χ0) is 37.3. The lowest BCUT2D eigenvalue weighted by atomic mass is 9.82. The highest BCUT2D eigenvalue weighted by Gasteiger charge is 2.43. The topological polar surface area (TPSA) is 34.1 Å². The van der Waals surface area contributed by atoms with Crippen LogP contribution in [0.1, 0.15) is 48.2 Å². The summed E-state index contributed by atoms with van der Waals surface area (Å²) in [4.78, 5) is 10.6. The van der Waals surface area contributed by atoms with E-state index in [0.717, 1.165) is 29.9 Å². The Morgan fingerprint density at radius 3 is 2.27 bits per heavy atom. The van der Waals surface area contributed by atoms with Crippen LogP contribution in [-0.4, -0.2) is 21.4 Å². The molecule has 2 aliphatic carbocycles. The molecule has 3 aromatic heterocycles. The Hall–Kier alpha value is -6.78. The van der Waals surface area contributed by atoms with Crippen molar-refractivity contribution >= 4 is 100 Å². The zero-order valence-electron chi connectivity index (χ0n) is 31.5. The molecule has 4 nitrogen and oxygen atoms in total. The summed E-state index contributed by atoms with van der Waals surface area (Å²) in [6.07, 6.45) is 6.61. The van der Waals surface area contributed by atoms with Gasteiger partial charge >= 0.3 is 0 Å². The average molecular weight is 719 g/mol. The second-order valence-corrected chi connectivity index (χ2v) is 16.1. The van der Waals surface area contributed by atoms with Crippen LogP contribution in [0, 0.1) is 0 Å². The number of rotatable bonds is 4. The molecule has 0 amide bonds. The average Bonchev–Trinajstić information content (AvgIpc) is 3.94. The third-order valence-electron chi connectivity index (χ3n) is 12.8. The van der Waals surface area contributed by atoms with Crippen LogP contribution < -0.4 is 0 Å². The maximum Gasteiger partial charge on any atom is 0.146 e. The minimum Gasteiger partial charge on any atom is -0.308 e. The van der Waals surface area contributed by atoms with E-state index in [0.29, 0.717) is 6.54 Å². The van der Waals surface area contributed by atoms with Crippen LogP contribution in [0.25, 0.3) is 88.0 Å². The van der Waals surface area contributed by atoms with E-state index in [9.17, 15) is 0 Å². The molecule has 266 valence electrons. The van der Waals surface area contributed by atoms with Gasteiger partial charge in [0.2, 0.25) is 0 Å². The molecule has 0 saturated carbocycles. The van der Waals surface area contributed by atoms with Crippen molar-refractivity contribution in [3.8, 4) is 0 Å². The molecule has 0 radical (unpaired) electrons. The van der Waals surface area contributed by atoms with Crippen LogP contribution in [0.5, 0.6) is 0 Å². The Kier molecular flexibility index (Phi) is 6.41. The zero-order valence-corrected chi connectivity index (χ0v) is 31.5. The van der Waals surface area contributed by atoms with Crippen LogP contribution in [0.4, 0.5) is 0 Å². The molecule has 0 spiro atoms. The number of benzene rings is 7. The van der Waals surface area contributed by atoms with E-state index in [1.165, 1.54) is 98.5 Å². The van der Waals surface area contributed by atoms with Gasteiger partial charge in [-0.2, -0.15) is 0 Å². The van der Waals surface area contributed by atoms with Gasteiger partial charge in [0.25, 0.3) is 0 Å². The summed E-state index contributed by atoms with van der Waals surface area (Å²) in [5, 5.41) is 11.4. The van der Waals surface area contributed by atoms with Crippen molar-refractivity contribution in [1.82, 2.24) is 8.97 Å². The van der Waals surface area contributed by atoms with E-state index >= 15 is 0 Å². The number of aliphatic imine (C=N–C) groups is 2. The Balaban J connectivity index is 1.22. The van der Waals surface area contributed by atoms with Gasteiger partial charge in [0.15, 0.2) is 0 Å². The van der Waals surface area contributed by atoms with E-state index in [2.05, 4.69) is 175 Å². The largest absolute Gasteiger partial charge is 0.308 e. The van der Waals surface area contributed by atoms with E-state index in [1.807, 2.05) is 0 Å².